The topological polar surface area (TPSA) is 272 Å². The Hall–Kier alpha value is -4.73. The lowest BCUT2D eigenvalue weighted by atomic mass is 9.97. The number of anilines is 1. The van der Waals surface area contributed by atoms with Gasteiger partial charge >= 0.3 is 16.3 Å². The molecule has 0 aliphatic carbocycles. The van der Waals surface area contributed by atoms with Crippen LogP contribution in [0.3, 0.4) is 0 Å². The number of carbonyl (C=O) groups is 4. The minimum Gasteiger partial charge on any atom is -0.458 e. The van der Waals surface area contributed by atoms with Gasteiger partial charge in [0, 0.05) is 17.5 Å². The van der Waals surface area contributed by atoms with Gasteiger partial charge in [0.05, 0.1) is 12.0 Å². The van der Waals surface area contributed by atoms with E-state index in [4.69, 9.17) is 15.3 Å². The highest BCUT2D eigenvalue weighted by atomic mass is 32.2. The van der Waals surface area contributed by atoms with Gasteiger partial charge in [-0.3, -0.25) is 33.9 Å². The number of non-ortho nitro benzene ring substituents is 1. The van der Waals surface area contributed by atoms with Gasteiger partial charge in [0.15, 0.2) is 16.9 Å². The molecule has 1 aromatic carbocycles. The van der Waals surface area contributed by atoms with Crippen molar-refractivity contribution in [3.05, 3.63) is 51.0 Å². The normalized spacial score (nSPS) is 17.2. The standard InChI is InChI=1S/C21H23N7O12S2/c1-21(2,19(32)39-8-10-4-6-11(7-5-10)28(33)34)40-25-13(12-9-41-20(22)23-12)16(29)24-14-15(17(30)26-38-3)27(18(14)31)42(35,36)37/h4-7,9,14-15H,8H2,1-3H3,(H2,22,23)(H,24,29)(H,26,30)(H,35,36,37). The van der Waals surface area contributed by atoms with Crippen LogP contribution >= 0.6 is 11.3 Å². The van der Waals surface area contributed by atoms with E-state index < -0.39 is 62.3 Å². The summed E-state index contributed by atoms with van der Waals surface area (Å²) in [6.45, 7) is 2.23. The van der Waals surface area contributed by atoms with Crippen LogP contribution in [0.1, 0.15) is 25.1 Å². The number of β-lactam (4-membered cyclic amide) rings is 1. The summed E-state index contributed by atoms with van der Waals surface area (Å²) in [5, 5.41) is 17.9. The Morgan fingerprint density at radius 3 is 2.45 bits per heavy atom. The molecule has 3 amide bonds. The van der Waals surface area contributed by atoms with E-state index in [1.165, 1.54) is 43.5 Å². The molecule has 1 saturated heterocycles. The highest BCUT2D eigenvalue weighted by Crippen LogP contribution is 2.25. The van der Waals surface area contributed by atoms with E-state index in [-0.39, 0.29) is 27.4 Å². The van der Waals surface area contributed by atoms with Crippen molar-refractivity contribution in [2.24, 2.45) is 5.16 Å². The lowest BCUT2D eigenvalue weighted by molar-refractivity contribution is -0.384. The average Bonchev–Trinajstić information content (AvgIpc) is 3.33. The number of ether oxygens (including phenoxy) is 1. The van der Waals surface area contributed by atoms with Crippen LogP contribution in [0.15, 0.2) is 34.8 Å². The van der Waals surface area contributed by atoms with Crippen LogP contribution in [0.5, 0.6) is 0 Å². The molecule has 0 radical (unpaired) electrons. The number of nitrogen functional groups attached to an aromatic ring is 1. The molecule has 1 aliphatic rings. The molecule has 3 rings (SSSR count). The van der Waals surface area contributed by atoms with Gasteiger partial charge in [-0.15, -0.1) is 11.3 Å². The monoisotopic (exact) mass is 629 g/mol. The second-order valence-electron chi connectivity index (χ2n) is 8.79. The molecule has 2 aromatic rings. The fraction of sp³-hybridized carbons (Fsp3) is 0.333. The van der Waals surface area contributed by atoms with Gasteiger partial charge in [0.1, 0.15) is 18.3 Å². The predicted molar refractivity (Wildman–Crippen MR) is 140 cm³/mol. The number of oxime groups is 1. The van der Waals surface area contributed by atoms with Crippen molar-refractivity contribution in [3.63, 3.8) is 0 Å². The second-order valence-corrected chi connectivity index (χ2v) is 11.0. The molecule has 2 heterocycles. The first-order valence-corrected chi connectivity index (χ1v) is 13.7. The van der Waals surface area contributed by atoms with Crippen molar-refractivity contribution >= 4 is 61.9 Å². The molecule has 2 unspecified atom stereocenters. The third-order valence-corrected chi connectivity index (χ3v) is 6.99. The highest BCUT2D eigenvalue weighted by Gasteiger charge is 2.58. The number of nitrogens with one attached hydrogen (secondary N) is 2. The molecular weight excluding hydrogens is 606 g/mol. The zero-order valence-corrected chi connectivity index (χ0v) is 23.5. The summed E-state index contributed by atoms with van der Waals surface area (Å²) in [7, 11) is -4.16. The van der Waals surface area contributed by atoms with E-state index in [2.05, 4.69) is 20.3 Å². The third-order valence-electron chi connectivity index (χ3n) is 5.41. The average molecular weight is 630 g/mol. The SMILES string of the molecule is CONC(=O)C1C(NC(=O)C(=NOC(C)(C)C(=O)OCc2ccc([N+](=O)[O-])cc2)c2csc(N)n2)C(=O)N1S(=O)(=O)O. The maximum absolute atomic E-state index is 13.1. The van der Waals surface area contributed by atoms with Crippen molar-refractivity contribution < 1.29 is 51.5 Å². The van der Waals surface area contributed by atoms with E-state index in [9.17, 15) is 42.3 Å². The largest absolute Gasteiger partial charge is 0.458 e. The molecule has 21 heteroatoms. The summed E-state index contributed by atoms with van der Waals surface area (Å²) >= 11 is 0.902. The summed E-state index contributed by atoms with van der Waals surface area (Å²) in [6, 6.07) is 1.51. The van der Waals surface area contributed by atoms with Gasteiger partial charge in [0.25, 0.3) is 23.4 Å². The van der Waals surface area contributed by atoms with E-state index in [0.717, 1.165) is 18.4 Å². The van der Waals surface area contributed by atoms with Crippen LogP contribution in [0.2, 0.25) is 0 Å². The minimum atomic E-state index is -5.18. The molecule has 226 valence electrons. The number of nitrogens with two attached hydrogens (primary N) is 1. The third kappa shape index (κ3) is 7.12. The van der Waals surface area contributed by atoms with Gasteiger partial charge in [0.2, 0.25) is 5.60 Å². The molecule has 0 saturated carbocycles. The number of esters is 1. The van der Waals surface area contributed by atoms with Crippen LogP contribution in [0.4, 0.5) is 10.8 Å². The first-order valence-electron chi connectivity index (χ1n) is 11.4. The second kappa shape index (κ2) is 12.4. The number of aromatic nitrogens is 1. The number of thiazole rings is 1. The Labute approximate surface area is 240 Å². The Balaban J connectivity index is 1.79. The summed E-state index contributed by atoms with van der Waals surface area (Å²) in [5.74, 6) is -4.68. The first kappa shape index (κ1) is 31.8. The number of carbonyl (C=O) groups excluding carboxylic acids is 4. The Morgan fingerprint density at radius 1 is 1.29 bits per heavy atom. The Kier molecular flexibility index (Phi) is 9.40. The lowest BCUT2D eigenvalue weighted by Crippen LogP contribution is -2.76. The summed E-state index contributed by atoms with van der Waals surface area (Å²) in [4.78, 5) is 74.4. The zero-order chi connectivity index (χ0) is 31.4. The number of nitro groups is 1. The Morgan fingerprint density at radius 2 is 1.93 bits per heavy atom. The number of hydroxylamine groups is 1. The van der Waals surface area contributed by atoms with Gasteiger partial charge in [-0.25, -0.2) is 15.3 Å². The summed E-state index contributed by atoms with van der Waals surface area (Å²) < 4.78 is 37.5. The highest BCUT2D eigenvalue weighted by molar-refractivity contribution is 7.84. The number of rotatable bonds is 12. The smallest absolute Gasteiger partial charge is 0.363 e. The van der Waals surface area contributed by atoms with Crippen LogP contribution < -0.4 is 16.5 Å². The minimum absolute atomic E-state index is 0.00175. The maximum Gasteiger partial charge on any atom is 0.363 e. The molecule has 1 aromatic heterocycles. The number of amides is 3. The molecular formula is C21H23N7O12S2. The number of nitrogens with zero attached hydrogens (tertiary/aromatic N) is 4. The van der Waals surface area contributed by atoms with Crippen molar-refractivity contribution in [1.82, 2.24) is 20.1 Å². The zero-order valence-electron chi connectivity index (χ0n) is 21.9. The fourth-order valence-corrected chi connectivity index (χ4v) is 4.72. The maximum atomic E-state index is 13.1. The molecule has 0 spiro atoms. The number of benzene rings is 1. The van der Waals surface area contributed by atoms with Crippen molar-refractivity contribution in [2.45, 2.75) is 38.1 Å². The molecule has 1 fully saturated rings. The number of nitro benzene ring substituents is 1. The molecule has 1 aliphatic heterocycles. The van der Waals surface area contributed by atoms with E-state index in [1.807, 2.05) is 0 Å². The summed E-state index contributed by atoms with van der Waals surface area (Å²) in [5.41, 5.74) is 5.11. The first-order chi connectivity index (χ1) is 19.6. The van der Waals surface area contributed by atoms with Crippen LogP contribution in [0, 0.1) is 10.1 Å². The van der Waals surface area contributed by atoms with Crippen LogP contribution in [-0.4, -0.2) is 81.4 Å². The van der Waals surface area contributed by atoms with Gasteiger partial charge < -0.3 is 20.6 Å². The van der Waals surface area contributed by atoms with E-state index in [1.54, 1.807) is 5.48 Å². The molecule has 19 nitrogen and oxygen atoms in total. The predicted octanol–water partition coefficient (Wildman–Crippen LogP) is -0.948. The van der Waals surface area contributed by atoms with E-state index in [0.29, 0.717) is 5.56 Å². The quantitative estimate of drug-likeness (QED) is 0.0550. The molecule has 42 heavy (non-hydrogen) atoms. The number of hydrogen-bond acceptors (Lipinski definition) is 15. The van der Waals surface area contributed by atoms with Gasteiger partial charge in [-0.2, -0.15) is 12.7 Å². The van der Waals surface area contributed by atoms with Gasteiger partial charge in [-0.1, -0.05) is 5.16 Å². The van der Waals surface area contributed by atoms with Gasteiger partial charge in [-0.05, 0) is 31.5 Å². The Bertz CT molecular complexity index is 1540. The van der Waals surface area contributed by atoms with Crippen molar-refractivity contribution in [1.29, 1.82) is 0 Å². The van der Waals surface area contributed by atoms with Crippen molar-refractivity contribution in [3.8, 4) is 0 Å². The van der Waals surface area contributed by atoms with Crippen LogP contribution in [0.25, 0.3) is 0 Å². The lowest BCUT2D eigenvalue weighted by Gasteiger charge is -2.42. The molecule has 0 bridgehead atoms. The number of hydrogen-bond donors (Lipinski definition) is 4. The van der Waals surface area contributed by atoms with E-state index >= 15 is 0 Å². The van der Waals surface area contributed by atoms with Crippen LogP contribution in [-0.2, 0) is 50.5 Å². The van der Waals surface area contributed by atoms with Crippen molar-refractivity contribution in [2.75, 3.05) is 12.8 Å². The molecule has 2 atom stereocenters. The molecule has 5 N–H and O–H groups in total. The fourth-order valence-electron chi connectivity index (χ4n) is 3.32. The summed E-state index contributed by atoms with van der Waals surface area (Å²) in [6.07, 6.45) is 0.